The summed E-state index contributed by atoms with van der Waals surface area (Å²) in [4.78, 5) is 11.9. The number of benzene rings is 2. The maximum Gasteiger partial charge on any atom is 0.259 e. The highest BCUT2D eigenvalue weighted by Gasteiger charge is 2.06. The number of anilines is 1. The van der Waals surface area contributed by atoms with Gasteiger partial charge in [0, 0.05) is 16.3 Å². The quantitative estimate of drug-likeness (QED) is 0.581. The van der Waals surface area contributed by atoms with Crippen molar-refractivity contribution in [3.8, 4) is 5.75 Å². The number of aromatic hydroxyl groups is 1. The first-order valence-electron chi connectivity index (χ1n) is 7.09. The Hall–Kier alpha value is -2.53. The number of nitrogens with one attached hydrogen (secondary N) is 2. The van der Waals surface area contributed by atoms with Crippen LogP contribution in [0.15, 0.2) is 47.6 Å². The van der Waals surface area contributed by atoms with Gasteiger partial charge in [-0.05, 0) is 43.7 Å². The maximum absolute atomic E-state index is 11.9. The van der Waals surface area contributed by atoms with Gasteiger partial charge in [0.05, 0.1) is 12.3 Å². The van der Waals surface area contributed by atoms with Gasteiger partial charge in [-0.3, -0.25) is 4.79 Å². The Bertz CT molecular complexity index is 744. The Labute approximate surface area is 140 Å². The van der Waals surface area contributed by atoms with Gasteiger partial charge in [0.2, 0.25) is 0 Å². The fourth-order valence-corrected chi connectivity index (χ4v) is 2.17. The van der Waals surface area contributed by atoms with E-state index in [0.29, 0.717) is 16.3 Å². The molecule has 0 unspecified atom stereocenters. The van der Waals surface area contributed by atoms with Gasteiger partial charge in [-0.2, -0.15) is 5.10 Å². The Morgan fingerprint density at radius 2 is 1.96 bits per heavy atom. The highest BCUT2D eigenvalue weighted by molar-refractivity contribution is 6.31. The molecule has 0 radical (unpaired) electrons. The van der Waals surface area contributed by atoms with Crippen LogP contribution in [0.4, 0.5) is 5.69 Å². The number of halogens is 1. The number of phenols is 1. The lowest BCUT2D eigenvalue weighted by Crippen LogP contribution is -2.27. The van der Waals surface area contributed by atoms with Crippen molar-refractivity contribution in [2.24, 2.45) is 5.10 Å². The molecule has 0 atom stereocenters. The zero-order valence-corrected chi connectivity index (χ0v) is 13.7. The van der Waals surface area contributed by atoms with Gasteiger partial charge in [0.15, 0.2) is 0 Å². The summed E-state index contributed by atoms with van der Waals surface area (Å²) in [7, 11) is 0. The van der Waals surface area contributed by atoms with Crippen LogP contribution in [0.3, 0.4) is 0 Å². The first-order chi connectivity index (χ1) is 11.0. The van der Waals surface area contributed by atoms with Crippen LogP contribution >= 0.6 is 11.6 Å². The molecule has 3 N–H and O–H groups in total. The number of phenolic OH excluding ortho intramolecular Hbond substituents is 1. The third-order valence-corrected chi connectivity index (χ3v) is 3.76. The van der Waals surface area contributed by atoms with E-state index in [0.717, 1.165) is 11.3 Å². The van der Waals surface area contributed by atoms with Crippen molar-refractivity contribution in [1.29, 1.82) is 0 Å². The fourth-order valence-electron chi connectivity index (χ4n) is 2.00. The number of carbonyl (C=O) groups excluding carboxylic acids is 1. The van der Waals surface area contributed by atoms with E-state index in [1.54, 1.807) is 37.3 Å². The predicted octanol–water partition coefficient (Wildman–Crippen LogP) is 3.31. The third-order valence-electron chi connectivity index (χ3n) is 3.35. The van der Waals surface area contributed by atoms with Crippen LogP contribution in [-0.2, 0) is 4.79 Å². The Morgan fingerprint density at radius 3 is 2.70 bits per heavy atom. The van der Waals surface area contributed by atoms with Crippen LogP contribution < -0.4 is 10.7 Å². The Morgan fingerprint density at radius 1 is 1.22 bits per heavy atom. The number of amides is 1. The molecule has 0 saturated carbocycles. The second-order valence-corrected chi connectivity index (χ2v) is 5.42. The first kappa shape index (κ1) is 16.8. The van der Waals surface area contributed by atoms with Crippen molar-refractivity contribution in [3.05, 3.63) is 58.6 Å². The predicted molar refractivity (Wildman–Crippen MR) is 93.1 cm³/mol. The second kappa shape index (κ2) is 7.65. The molecule has 120 valence electrons. The van der Waals surface area contributed by atoms with Crippen molar-refractivity contribution in [2.45, 2.75) is 13.8 Å². The molecule has 0 bridgehead atoms. The molecule has 2 aromatic rings. The van der Waals surface area contributed by atoms with E-state index in [-0.39, 0.29) is 18.2 Å². The van der Waals surface area contributed by atoms with Gasteiger partial charge in [-0.1, -0.05) is 29.8 Å². The van der Waals surface area contributed by atoms with E-state index in [4.69, 9.17) is 11.6 Å². The van der Waals surface area contributed by atoms with E-state index in [1.807, 2.05) is 19.1 Å². The van der Waals surface area contributed by atoms with Crippen LogP contribution in [0.2, 0.25) is 5.02 Å². The minimum atomic E-state index is -0.292. The number of para-hydroxylation sites is 1. The minimum Gasteiger partial charge on any atom is -0.507 e. The number of rotatable bonds is 5. The van der Waals surface area contributed by atoms with Crippen LogP contribution in [0.1, 0.15) is 18.1 Å². The molecule has 0 spiro atoms. The van der Waals surface area contributed by atoms with E-state index < -0.39 is 0 Å². The van der Waals surface area contributed by atoms with E-state index in [1.165, 1.54) is 0 Å². The molecule has 0 fully saturated rings. The number of hydrogen-bond acceptors (Lipinski definition) is 4. The Kier molecular flexibility index (Phi) is 5.60. The summed E-state index contributed by atoms with van der Waals surface area (Å²) in [6, 6.07) is 12.3. The van der Waals surface area contributed by atoms with E-state index in [2.05, 4.69) is 15.8 Å². The van der Waals surface area contributed by atoms with Crippen molar-refractivity contribution >= 4 is 28.9 Å². The standard InChI is InChI=1S/C17H18ClN3O2/c1-11-14(18)7-5-8-15(11)19-10-17(23)21-20-12(2)13-6-3-4-9-16(13)22/h3-9,19,22H,10H2,1-2H3,(H,21,23). The number of hydrogen-bond donors (Lipinski definition) is 3. The summed E-state index contributed by atoms with van der Waals surface area (Å²) in [5.74, 6) is -0.171. The van der Waals surface area contributed by atoms with Crippen LogP contribution in [0.5, 0.6) is 5.75 Å². The molecule has 0 heterocycles. The molecular formula is C17H18ClN3O2. The topological polar surface area (TPSA) is 73.7 Å². The van der Waals surface area contributed by atoms with E-state index in [9.17, 15) is 9.90 Å². The van der Waals surface area contributed by atoms with Gasteiger partial charge in [-0.15, -0.1) is 0 Å². The van der Waals surface area contributed by atoms with Crippen LogP contribution in [-0.4, -0.2) is 23.3 Å². The molecule has 0 aliphatic carbocycles. The molecule has 0 aliphatic rings. The molecule has 23 heavy (non-hydrogen) atoms. The molecule has 6 heteroatoms. The highest BCUT2D eigenvalue weighted by atomic mass is 35.5. The molecular weight excluding hydrogens is 314 g/mol. The van der Waals surface area contributed by atoms with Crippen molar-refractivity contribution in [1.82, 2.24) is 5.43 Å². The second-order valence-electron chi connectivity index (χ2n) is 5.02. The number of carbonyl (C=O) groups is 1. The zero-order chi connectivity index (χ0) is 16.8. The summed E-state index contributed by atoms with van der Waals surface area (Å²) in [5, 5.41) is 17.4. The molecule has 1 amide bonds. The maximum atomic E-state index is 11.9. The fraction of sp³-hybridized carbons (Fsp3) is 0.176. The van der Waals surface area contributed by atoms with Crippen LogP contribution in [0.25, 0.3) is 0 Å². The number of hydrazone groups is 1. The molecule has 2 aromatic carbocycles. The van der Waals surface area contributed by atoms with Crippen molar-refractivity contribution < 1.29 is 9.90 Å². The van der Waals surface area contributed by atoms with Gasteiger partial charge >= 0.3 is 0 Å². The monoisotopic (exact) mass is 331 g/mol. The van der Waals surface area contributed by atoms with Crippen molar-refractivity contribution in [3.63, 3.8) is 0 Å². The lowest BCUT2D eigenvalue weighted by atomic mass is 10.1. The molecule has 2 rings (SSSR count). The normalized spacial score (nSPS) is 11.2. The molecule has 0 aromatic heterocycles. The van der Waals surface area contributed by atoms with E-state index >= 15 is 0 Å². The summed E-state index contributed by atoms with van der Waals surface area (Å²) in [6.45, 7) is 3.66. The zero-order valence-electron chi connectivity index (χ0n) is 12.9. The average Bonchev–Trinajstić information content (AvgIpc) is 2.54. The van der Waals surface area contributed by atoms with Crippen molar-refractivity contribution in [2.75, 3.05) is 11.9 Å². The highest BCUT2D eigenvalue weighted by Crippen LogP contribution is 2.22. The third kappa shape index (κ3) is 4.47. The Balaban J connectivity index is 1.94. The smallest absolute Gasteiger partial charge is 0.259 e. The van der Waals surface area contributed by atoms with Gasteiger partial charge < -0.3 is 10.4 Å². The van der Waals surface area contributed by atoms with Gasteiger partial charge in [0.1, 0.15) is 5.75 Å². The summed E-state index contributed by atoms with van der Waals surface area (Å²) in [6.07, 6.45) is 0. The average molecular weight is 332 g/mol. The summed E-state index contributed by atoms with van der Waals surface area (Å²) >= 11 is 6.03. The van der Waals surface area contributed by atoms with Gasteiger partial charge in [-0.25, -0.2) is 5.43 Å². The lowest BCUT2D eigenvalue weighted by Gasteiger charge is -2.10. The van der Waals surface area contributed by atoms with Crippen LogP contribution in [0, 0.1) is 6.92 Å². The number of nitrogens with zero attached hydrogens (tertiary/aromatic N) is 1. The lowest BCUT2D eigenvalue weighted by molar-refractivity contribution is -0.119. The summed E-state index contributed by atoms with van der Waals surface area (Å²) in [5.41, 5.74) is 5.24. The molecule has 0 saturated heterocycles. The first-order valence-corrected chi connectivity index (χ1v) is 7.47. The van der Waals surface area contributed by atoms with Gasteiger partial charge in [0.25, 0.3) is 5.91 Å². The molecule has 0 aliphatic heterocycles. The SMILES string of the molecule is CC(=NNC(=O)CNc1cccc(Cl)c1C)c1ccccc1O. The summed E-state index contributed by atoms with van der Waals surface area (Å²) < 4.78 is 0. The molecule has 5 nitrogen and oxygen atoms in total. The minimum absolute atomic E-state index is 0.0682. The largest absolute Gasteiger partial charge is 0.507 e.